The van der Waals surface area contributed by atoms with Crippen LogP contribution in [0.15, 0.2) is 115 Å². The lowest BCUT2D eigenvalue weighted by molar-refractivity contribution is -0.115. The number of fused-ring (bicyclic) bond motifs is 2. The Balaban J connectivity index is 1.04. The SMILES string of the molecule is COc1nc(Nc2ccccc2S(=O)(=O)O)nc(Nc2ccc(Nc3cc(S(=O)(=O)O)c(NC(=O)CNCCNc4nc(Cl)nc(Nc5cc(S(=O)(=O)O)ccc5S(=O)(=O)O)n4)c4c3C(=O)c3ccccc3C4=O)cc2S(=O)(=O)O)n1. The molecule has 32 nitrogen and oxygen atoms in total. The van der Waals surface area contributed by atoms with Gasteiger partial charge in [-0.25, -0.2) is 0 Å². The summed E-state index contributed by atoms with van der Waals surface area (Å²) in [6.07, 6.45) is 0. The van der Waals surface area contributed by atoms with E-state index >= 15 is 0 Å². The van der Waals surface area contributed by atoms with E-state index in [4.69, 9.17) is 16.3 Å². The van der Waals surface area contributed by atoms with Gasteiger partial charge >= 0.3 is 6.01 Å². The molecule has 1 aliphatic rings. The maximum Gasteiger partial charge on any atom is 0.322 e. The first-order valence-corrected chi connectivity index (χ1v) is 29.6. The minimum atomic E-state index is -5.45. The molecule has 0 fully saturated rings. The molecule has 0 saturated heterocycles. The Morgan fingerprint density at radius 3 is 1.65 bits per heavy atom. The number of carbonyl (C=O) groups excluding carboxylic acids is 3. The highest BCUT2D eigenvalue weighted by atomic mass is 35.5. The van der Waals surface area contributed by atoms with Crippen LogP contribution < -0.4 is 42.0 Å². The first kappa shape index (κ1) is 58.7. The molecular weight excluding hydrogens is 1200 g/mol. The van der Waals surface area contributed by atoms with E-state index in [0.717, 1.165) is 31.4 Å². The second kappa shape index (κ2) is 22.6. The maximum atomic E-state index is 14.4. The summed E-state index contributed by atoms with van der Waals surface area (Å²) >= 11 is 6.01. The van der Waals surface area contributed by atoms with Crippen molar-refractivity contribution in [2.75, 3.05) is 58.6 Å². The Morgan fingerprint density at radius 1 is 0.519 bits per heavy atom. The lowest BCUT2D eigenvalue weighted by Crippen LogP contribution is -2.33. The van der Waals surface area contributed by atoms with Crippen LogP contribution in [-0.2, 0) is 55.4 Å². The number of hydrogen-bond donors (Lipinski definition) is 12. The van der Waals surface area contributed by atoms with Gasteiger partial charge < -0.3 is 42.0 Å². The van der Waals surface area contributed by atoms with Crippen molar-refractivity contribution < 1.29 is 84.0 Å². The molecule has 0 unspecified atom stereocenters. The highest BCUT2D eigenvalue weighted by Gasteiger charge is 2.38. The van der Waals surface area contributed by atoms with Crippen molar-refractivity contribution in [1.29, 1.82) is 0 Å². The molecule has 0 atom stereocenters. The Hall–Kier alpha value is -8.47. The fourth-order valence-corrected chi connectivity index (χ4v) is 10.9. The number of methoxy groups -OCH3 is 1. The summed E-state index contributed by atoms with van der Waals surface area (Å²) in [4.78, 5) is 61.7. The first-order chi connectivity index (χ1) is 37.9. The van der Waals surface area contributed by atoms with E-state index in [1.165, 1.54) is 42.5 Å². The van der Waals surface area contributed by atoms with Crippen molar-refractivity contribution in [3.05, 3.63) is 119 Å². The predicted octanol–water partition coefficient (Wildman–Crippen LogP) is 3.34. The van der Waals surface area contributed by atoms with Gasteiger partial charge in [0.05, 0.1) is 58.1 Å². The zero-order valence-electron chi connectivity index (χ0n) is 40.3. The van der Waals surface area contributed by atoms with Gasteiger partial charge in [-0.3, -0.25) is 37.1 Å². The van der Waals surface area contributed by atoms with E-state index in [0.29, 0.717) is 24.3 Å². The summed E-state index contributed by atoms with van der Waals surface area (Å²) in [7, 11) is -24.1. The van der Waals surface area contributed by atoms with Crippen LogP contribution >= 0.6 is 11.6 Å². The number of anilines is 10. The smallest absolute Gasteiger partial charge is 0.322 e. The van der Waals surface area contributed by atoms with Gasteiger partial charge in [0.1, 0.15) is 19.6 Å². The molecule has 2 heterocycles. The molecule has 0 aliphatic heterocycles. The van der Waals surface area contributed by atoms with Crippen LogP contribution in [-0.4, -0.2) is 139 Å². The molecule has 0 spiro atoms. The van der Waals surface area contributed by atoms with Crippen molar-refractivity contribution in [3.8, 4) is 6.01 Å². The first-order valence-electron chi connectivity index (χ1n) is 22.1. The number of aromatic nitrogens is 6. The number of ether oxygens (including phenoxy) is 1. The largest absolute Gasteiger partial charge is 0.467 e. The Labute approximate surface area is 462 Å². The molecule has 0 radical (unpaired) electrons. The average molecular weight is 1230 g/mol. The number of hydrogen-bond acceptors (Lipinski definition) is 26. The third-order valence-electron chi connectivity index (χ3n) is 10.9. The highest BCUT2D eigenvalue weighted by molar-refractivity contribution is 7.87. The van der Waals surface area contributed by atoms with Crippen molar-refractivity contribution in [1.82, 2.24) is 35.2 Å². The van der Waals surface area contributed by atoms with Crippen molar-refractivity contribution in [2.24, 2.45) is 0 Å². The van der Waals surface area contributed by atoms with Gasteiger partial charge in [0.15, 0.2) is 11.6 Å². The van der Waals surface area contributed by atoms with Crippen LogP contribution in [0.4, 0.5) is 57.9 Å². The van der Waals surface area contributed by atoms with Crippen LogP contribution in [0, 0.1) is 0 Å². The Morgan fingerprint density at radius 2 is 1.05 bits per heavy atom. The zero-order chi connectivity index (χ0) is 59.0. The molecular formula is C43H36ClN13O19S5. The number of para-hydroxylation sites is 1. The monoisotopic (exact) mass is 1230 g/mol. The molecule has 38 heteroatoms. The van der Waals surface area contributed by atoms with Gasteiger partial charge in [0.2, 0.25) is 35.0 Å². The standard InChI is InChI=1S/C43H36ClN13O19S5/c1-76-43-56-41(48-24-8-4-5-9-28(24)78(64,65)66)55-42(57-43)49-25-12-10-20(16-30(25)80(70,71)72)47-27-18-31(81(73,74)75)35(34-33(27)36(59)22-6-2-3-7-23(22)37(34)60)51-32(58)19-45-14-15-46-39-52-38(44)53-40(54-39)50-26-17-21(77(61,62)63)11-13-29(26)79(67,68)69/h2-13,16-18,45,47H,14-15,19H2,1H3,(H,51,58)(H,61,62,63)(H,64,65,66)(H,67,68,69)(H,70,71,72)(H,73,74,75)(H2,46,50,52,53,54)(H2,48,49,55,56,57). The minimum Gasteiger partial charge on any atom is -0.467 e. The van der Waals surface area contributed by atoms with Gasteiger partial charge in [-0.2, -0.15) is 72.0 Å². The van der Waals surface area contributed by atoms with Crippen LogP contribution in [0.3, 0.4) is 0 Å². The number of halogens is 1. The number of rotatable bonds is 21. The summed E-state index contributed by atoms with van der Waals surface area (Å²) in [6, 6.07) is 15.8. The van der Waals surface area contributed by atoms with Crippen molar-refractivity contribution in [3.63, 3.8) is 0 Å². The third-order valence-corrected chi connectivity index (χ3v) is 15.6. The quantitative estimate of drug-likeness (QED) is 0.0362. The van der Waals surface area contributed by atoms with E-state index in [9.17, 15) is 79.2 Å². The van der Waals surface area contributed by atoms with Gasteiger partial charge in [-0.05, 0) is 66.2 Å². The van der Waals surface area contributed by atoms with Gasteiger partial charge in [0, 0.05) is 29.9 Å². The number of amides is 1. The third kappa shape index (κ3) is 13.6. The van der Waals surface area contributed by atoms with Gasteiger partial charge in [-0.1, -0.05) is 36.4 Å². The molecule has 0 saturated carbocycles. The summed E-state index contributed by atoms with van der Waals surface area (Å²) in [5.74, 6) is -4.56. The lowest BCUT2D eigenvalue weighted by Gasteiger charge is -2.25. The number of ketones is 2. The van der Waals surface area contributed by atoms with E-state index in [1.807, 2.05) is 0 Å². The predicted molar refractivity (Wildman–Crippen MR) is 282 cm³/mol. The maximum absolute atomic E-state index is 14.4. The molecule has 0 bridgehead atoms. The van der Waals surface area contributed by atoms with Crippen LogP contribution in [0.1, 0.15) is 31.8 Å². The topological polar surface area (TPSA) is 494 Å². The summed E-state index contributed by atoms with van der Waals surface area (Å²) in [6.45, 7) is -0.907. The molecule has 1 aliphatic carbocycles. The van der Waals surface area contributed by atoms with E-state index in [1.54, 1.807) is 0 Å². The molecule has 1 amide bonds. The van der Waals surface area contributed by atoms with E-state index in [-0.39, 0.29) is 47.5 Å². The van der Waals surface area contributed by atoms with E-state index in [2.05, 4.69) is 67.1 Å². The molecule has 8 rings (SSSR count). The summed E-state index contributed by atoms with van der Waals surface area (Å²) in [5, 5.41) is 17.4. The van der Waals surface area contributed by atoms with Gasteiger partial charge in [-0.15, -0.1) is 0 Å². The van der Waals surface area contributed by atoms with Gasteiger partial charge in [0.25, 0.3) is 50.6 Å². The Kier molecular flexibility index (Phi) is 16.4. The Bertz CT molecular complexity index is 4370. The molecule has 2 aromatic heterocycles. The number of nitrogens with one attached hydrogen (secondary N) is 7. The fourth-order valence-electron chi connectivity index (χ4n) is 7.61. The average Bonchev–Trinajstić information content (AvgIpc) is 2.23. The molecule has 424 valence electrons. The lowest BCUT2D eigenvalue weighted by atomic mass is 9.82. The minimum absolute atomic E-state index is 0.129. The number of nitrogens with zero attached hydrogens (tertiary/aromatic N) is 6. The van der Waals surface area contributed by atoms with Crippen molar-refractivity contribution >= 4 is 138 Å². The number of carbonyl (C=O) groups is 3. The zero-order valence-corrected chi connectivity index (χ0v) is 45.2. The number of benzene rings is 5. The molecule has 5 aromatic carbocycles. The highest BCUT2D eigenvalue weighted by Crippen LogP contribution is 2.42. The van der Waals surface area contributed by atoms with Crippen LogP contribution in [0.2, 0.25) is 5.28 Å². The normalized spacial score (nSPS) is 12.7. The summed E-state index contributed by atoms with van der Waals surface area (Å²) < 4.78 is 179. The fraction of sp³-hybridized carbons (Fsp3) is 0.0930. The van der Waals surface area contributed by atoms with Crippen LogP contribution in [0.5, 0.6) is 6.01 Å². The second-order valence-electron chi connectivity index (χ2n) is 16.4. The molecule has 12 N–H and O–H groups in total. The van der Waals surface area contributed by atoms with E-state index < -0.39 is 156 Å². The van der Waals surface area contributed by atoms with Crippen LogP contribution in [0.25, 0.3) is 0 Å². The van der Waals surface area contributed by atoms with Crippen molar-refractivity contribution in [2.45, 2.75) is 24.5 Å². The summed E-state index contributed by atoms with van der Waals surface area (Å²) in [5.41, 5.74) is -4.58. The molecule has 7 aromatic rings. The second-order valence-corrected chi connectivity index (χ2v) is 23.7. The molecule has 81 heavy (non-hydrogen) atoms.